The highest BCUT2D eigenvalue weighted by molar-refractivity contribution is 5.82. The van der Waals surface area contributed by atoms with Crippen LogP contribution in [-0.2, 0) is 0 Å². The van der Waals surface area contributed by atoms with Crippen LogP contribution in [0.3, 0.4) is 0 Å². The summed E-state index contributed by atoms with van der Waals surface area (Å²) in [6.45, 7) is 4.00. The number of aromatic amines is 1. The van der Waals surface area contributed by atoms with Crippen LogP contribution in [0, 0.1) is 13.8 Å². The number of aryl methyl sites for hydroxylation is 2. The van der Waals surface area contributed by atoms with Gasteiger partial charge in [-0.15, -0.1) is 0 Å². The van der Waals surface area contributed by atoms with Crippen molar-refractivity contribution in [2.45, 2.75) is 13.8 Å². The lowest BCUT2D eigenvalue weighted by Gasteiger charge is -1.96. The Kier molecular flexibility index (Phi) is 1.18. The van der Waals surface area contributed by atoms with Gasteiger partial charge in [-0.1, -0.05) is 0 Å². The summed E-state index contributed by atoms with van der Waals surface area (Å²) in [5.41, 5.74) is 3.22. The molecule has 56 valence electrons. The Balaban J connectivity index is 2.96. The van der Waals surface area contributed by atoms with Crippen molar-refractivity contribution >= 4 is 10.9 Å². The zero-order valence-corrected chi connectivity index (χ0v) is 6.55. The van der Waals surface area contributed by atoms with E-state index < -0.39 is 0 Å². The number of aromatic nitrogens is 3. The number of nitrogens with zero attached hydrogens (tertiary/aromatic N) is 2. The Labute approximate surface area is 64.5 Å². The van der Waals surface area contributed by atoms with Gasteiger partial charge in [0.25, 0.3) is 0 Å². The molecule has 3 heteroatoms. The monoisotopic (exact) mass is 147 g/mol. The molecular formula is C8H9N3. The number of hydrogen-bond acceptors (Lipinski definition) is 2. The van der Waals surface area contributed by atoms with Crippen molar-refractivity contribution in [1.29, 1.82) is 0 Å². The molecule has 0 spiro atoms. The molecule has 0 unspecified atom stereocenters. The number of H-pyrrole nitrogens is 1. The molecule has 0 aliphatic carbocycles. The van der Waals surface area contributed by atoms with Crippen molar-refractivity contribution in [1.82, 2.24) is 15.2 Å². The molecule has 0 aromatic carbocycles. The van der Waals surface area contributed by atoms with Gasteiger partial charge in [-0.3, -0.25) is 10.1 Å². The lowest BCUT2D eigenvalue weighted by atomic mass is 10.2. The molecule has 3 nitrogen and oxygen atoms in total. The van der Waals surface area contributed by atoms with E-state index in [0.717, 1.165) is 16.6 Å². The van der Waals surface area contributed by atoms with E-state index in [1.165, 1.54) is 5.56 Å². The first-order chi connectivity index (χ1) is 5.29. The highest BCUT2D eigenvalue weighted by Gasteiger charge is 2.01. The molecule has 11 heavy (non-hydrogen) atoms. The quantitative estimate of drug-likeness (QED) is 0.614. The minimum atomic E-state index is 1.00. The lowest BCUT2D eigenvalue weighted by molar-refractivity contribution is 1.10. The molecule has 2 rings (SSSR count). The molecule has 0 aliphatic heterocycles. The van der Waals surface area contributed by atoms with Crippen molar-refractivity contribution in [3.8, 4) is 0 Å². The molecule has 0 saturated heterocycles. The van der Waals surface area contributed by atoms with E-state index in [4.69, 9.17) is 0 Å². The normalized spacial score (nSPS) is 10.7. The van der Waals surface area contributed by atoms with Crippen LogP contribution in [0.1, 0.15) is 11.3 Å². The van der Waals surface area contributed by atoms with Crippen LogP contribution in [0.25, 0.3) is 10.9 Å². The van der Waals surface area contributed by atoms with Crippen molar-refractivity contribution < 1.29 is 0 Å². The topological polar surface area (TPSA) is 41.6 Å². The minimum Gasteiger partial charge on any atom is -0.276 e. The van der Waals surface area contributed by atoms with Gasteiger partial charge in [0.2, 0.25) is 0 Å². The highest BCUT2D eigenvalue weighted by Crippen LogP contribution is 2.16. The van der Waals surface area contributed by atoms with E-state index in [0.29, 0.717) is 0 Å². The summed E-state index contributed by atoms with van der Waals surface area (Å²) in [4.78, 5) is 4.21. The van der Waals surface area contributed by atoms with Crippen LogP contribution in [0.15, 0.2) is 12.4 Å². The van der Waals surface area contributed by atoms with E-state index in [1.807, 2.05) is 26.2 Å². The van der Waals surface area contributed by atoms with Gasteiger partial charge >= 0.3 is 0 Å². The maximum atomic E-state index is 4.21. The number of pyridine rings is 1. The summed E-state index contributed by atoms with van der Waals surface area (Å²) in [6, 6.07) is 0. The third kappa shape index (κ3) is 0.808. The van der Waals surface area contributed by atoms with E-state index in [-0.39, 0.29) is 0 Å². The Morgan fingerprint density at radius 3 is 2.82 bits per heavy atom. The summed E-state index contributed by atoms with van der Waals surface area (Å²) in [6.07, 6.45) is 3.70. The second kappa shape index (κ2) is 2.05. The molecule has 1 N–H and O–H groups in total. The molecule has 2 aromatic heterocycles. The van der Waals surface area contributed by atoms with Crippen molar-refractivity contribution in [3.63, 3.8) is 0 Å². The third-order valence-electron chi connectivity index (χ3n) is 1.88. The van der Waals surface area contributed by atoms with Crippen LogP contribution in [0.2, 0.25) is 0 Å². The average Bonchev–Trinajstić information content (AvgIpc) is 2.45. The lowest BCUT2D eigenvalue weighted by Crippen LogP contribution is -1.84. The van der Waals surface area contributed by atoms with Crippen LogP contribution in [0.5, 0.6) is 0 Å². The van der Waals surface area contributed by atoms with Gasteiger partial charge in [0.15, 0.2) is 0 Å². The number of hydrogen-bond donors (Lipinski definition) is 1. The molecule has 2 aromatic rings. The first kappa shape index (κ1) is 6.34. The van der Waals surface area contributed by atoms with Crippen LogP contribution in [-0.4, -0.2) is 15.2 Å². The zero-order valence-electron chi connectivity index (χ0n) is 6.55. The van der Waals surface area contributed by atoms with Crippen LogP contribution in [0.4, 0.5) is 0 Å². The Morgan fingerprint density at radius 2 is 2.09 bits per heavy atom. The largest absolute Gasteiger partial charge is 0.276 e. The summed E-state index contributed by atoms with van der Waals surface area (Å²) in [5.74, 6) is 0. The van der Waals surface area contributed by atoms with Crippen molar-refractivity contribution in [2.24, 2.45) is 0 Å². The standard InChI is InChI=1S/C8H9N3/c1-5-3-9-6(2)8-7(5)4-10-11-8/h3-4H,1-2H3,(H,10,11). The SMILES string of the molecule is Cc1cnc(C)c2[nH]ncc12. The molecule has 0 saturated carbocycles. The van der Waals surface area contributed by atoms with E-state index in [1.54, 1.807) is 0 Å². The third-order valence-corrected chi connectivity index (χ3v) is 1.88. The van der Waals surface area contributed by atoms with E-state index >= 15 is 0 Å². The Hall–Kier alpha value is -1.38. The maximum Gasteiger partial charge on any atom is 0.0865 e. The molecule has 0 aliphatic rings. The number of fused-ring (bicyclic) bond motifs is 1. The van der Waals surface area contributed by atoms with Gasteiger partial charge in [0, 0.05) is 11.6 Å². The zero-order chi connectivity index (χ0) is 7.84. The van der Waals surface area contributed by atoms with E-state index in [2.05, 4.69) is 15.2 Å². The van der Waals surface area contributed by atoms with Crippen molar-refractivity contribution in [2.75, 3.05) is 0 Å². The minimum absolute atomic E-state index is 1.00. The van der Waals surface area contributed by atoms with Gasteiger partial charge in [0.05, 0.1) is 17.4 Å². The van der Waals surface area contributed by atoms with E-state index in [9.17, 15) is 0 Å². The highest BCUT2D eigenvalue weighted by atomic mass is 15.1. The second-order valence-electron chi connectivity index (χ2n) is 2.69. The Bertz CT molecular complexity index is 353. The fourth-order valence-electron chi connectivity index (χ4n) is 1.19. The predicted octanol–water partition coefficient (Wildman–Crippen LogP) is 1.57. The van der Waals surface area contributed by atoms with Crippen LogP contribution >= 0.6 is 0 Å². The Morgan fingerprint density at radius 1 is 1.27 bits per heavy atom. The predicted molar refractivity (Wildman–Crippen MR) is 43.4 cm³/mol. The van der Waals surface area contributed by atoms with Crippen molar-refractivity contribution in [3.05, 3.63) is 23.7 Å². The molecule has 2 heterocycles. The fraction of sp³-hybridized carbons (Fsp3) is 0.250. The van der Waals surface area contributed by atoms with Crippen LogP contribution < -0.4 is 0 Å². The van der Waals surface area contributed by atoms with Gasteiger partial charge in [0.1, 0.15) is 0 Å². The van der Waals surface area contributed by atoms with Gasteiger partial charge in [-0.2, -0.15) is 5.10 Å². The summed E-state index contributed by atoms with van der Waals surface area (Å²) in [7, 11) is 0. The van der Waals surface area contributed by atoms with Gasteiger partial charge in [-0.05, 0) is 19.4 Å². The number of rotatable bonds is 0. The average molecular weight is 147 g/mol. The molecular weight excluding hydrogens is 138 g/mol. The smallest absolute Gasteiger partial charge is 0.0865 e. The molecule has 0 atom stereocenters. The molecule has 0 radical (unpaired) electrons. The first-order valence-electron chi connectivity index (χ1n) is 3.54. The fourth-order valence-corrected chi connectivity index (χ4v) is 1.19. The molecule has 0 bridgehead atoms. The summed E-state index contributed by atoms with van der Waals surface area (Å²) >= 11 is 0. The summed E-state index contributed by atoms with van der Waals surface area (Å²) < 4.78 is 0. The van der Waals surface area contributed by atoms with Gasteiger partial charge < -0.3 is 0 Å². The molecule has 0 fully saturated rings. The number of nitrogens with one attached hydrogen (secondary N) is 1. The first-order valence-corrected chi connectivity index (χ1v) is 3.54. The van der Waals surface area contributed by atoms with Gasteiger partial charge in [-0.25, -0.2) is 0 Å². The molecule has 0 amide bonds. The summed E-state index contributed by atoms with van der Waals surface area (Å²) in [5, 5.41) is 8.04. The maximum absolute atomic E-state index is 4.21. The second-order valence-corrected chi connectivity index (χ2v) is 2.69.